The summed E-state index contributed by atoms with van der Waals surface area (Å²) in [6.07, 6.45) is 0. The first-order valence-electron chi connectivity index (χ1n) is 6.74. The van der Waals surface area contributed by atoms with Crippen LogP contribution < -0.4 is 10.6 Å². The maximum absolute atomic E-state index is 12.1. The van der Waals surface area contributed by atoms with E-state index in [0.29, 0.717) is 5.92 Å². The highest BCUT2D eigenvalue weighted by Crippen LogP contribution is 2.22. The molecule has 1 atom stereocenters. The topological polar surface area (TPSA) is 56.9 Å². The lowest BCUT2D eigenvalue weighted by Gasteiger charge is -2.31. The average molecular weight is 294 g/mol. The molecule has 1 amide bonds. The van der Waals surface area contributed by atoms with Crippen molar-refractivity contribution >= 4 is 34.9 Å². The average Bonchev–Trinajstić information content (AvgIpc) is 2.66. The van der Waals surface area contributed by atoms with Crippen molar-refractivity contribution < 1.29 is 4.79 Å². The fourth-order valence-electron chi connectivity index (χ4n) is 2.49. The van der Waals surface area contributed by atoms with Crippen LogP contribution in [0, 0.1) is 18.8 Å². The van der Waals surface area contributed by atoms with Crippen LogP contribution in [-0.2, 0) is 4.79 Å². The van der Waals surface area contributed by atoms with Gasteiger partial charge in [-0.2, -0.15) is 0 Å². The van der Waals surface area contributed by atoms with Crippen LogP contribution in [0.3, 0.4) is 0 Å². The van der Waals surface area contributed by atoms with Gasteiger partial charge in [0.15, 0.2) is 0 Å². The first-order chi connectivity index (χ1) is 9.13. The van der Waals surface area contributed by atoms with Crippen LogP contribution in [0.4, 0.5) is 5.69 Å². The van der Waals surface area contributed by atoms with E-state index >= 15 is 0 Å². The Morgan fingerprint density at radius 2 is 2.10 bits per heavy atom. The van der Waals surface area contributed by atoms with Crippen LogP contribution in [-0.4, -0.2) is 24.0 Å². The van der Waals surface area contributed by atoms with E-state index in [2.05, 4.69) is 21.7 Å². The summed E-state index contributed by atoms with van der Waals surface area (Å²) in [7, 11) is 0. The van der Waals surface area contributed by atoms with Gasteiger partial charge in [-0.15, -0.1) is 12.4 Å². The number of H-pyrrole nitrogens is 1. The monoisotopic (exact) mass is 293 g/mol. The van der Waals surface area contributed by atoms with E-state index < -0.39 is 0 Å². The second kappa shape index (κ2) is 5.85. The number of nitrogens with one attached hydrogen (secondary N) is 3. The molecule has 20 heavy (non-hydrogen) atoms. The standard InChI is InChI=1S/C15H19N3O.ClH/c1-9-5-11-6-13(3-4-14(11)17-9)18-15(19)10(2)12-7-16-8-12;/h3-6,10,12,16-17H,7-8H2,1-2H3,(H,18,19);1H. The summed E-state index contributed by atoms with van der Waals surface area (Å²) in [5.41, 5.74) is 3.11. The number of hydrogen-bond donors (Lipinski definition) is 3. The van der Waals surface area contributed by atoms with Crippen molar-refractivity contribution in [2.24, 2.45) is 11.8 Å². The maximum Gasteiger partial charge on any atom is 0.227 e. The molecule has 5 heteroatoms. The number of rotatable bonds is 3. The van der Waals surface area contributed by atoms with Crippen LogP contribution in [0.25, 0.3) is 10.9 Å². The molecular weight excluding hydrogens is 274 g/mol. The first-order valence-corrected chi connectivity index (χ1v) is 6.74. The second-order valence-electron chi connectivity index (χ2n) is 5.45. The predicted molar refractivity (Wildman–Crippen MR) is 84.4 cm³/mol. The Bertz CT molecular complexity index is 619. The lowest BCUT2D eigenvalue weighted by atomic mass is 9.88. The van der Waals surface area contributed by atoms with Crippen molar-refractivity contribution in [3.63, 3.8) is 0 Å². The number of aromatic amines is 1. The van der Waals surface area contributed by atoms with Crippen LogP contribution in [0.5, 0.6) is 0 Å². The number of carbonyl (C=O) groups excluding carboxylic acids is 1. The Morgan fingerprint density at radius 1 is 1.35 bits per heavy atom. The van der Waals surface area contributed by atoms with E-state index in [9.17, 15) is 4.79 Å². The largest absolute Gasteiger partial charge is 0.359 e. The van der Waals surface area contributed by atoms with E-state index in [1.807, 2.05) is 32.0 Å². The highest BCUT2D eigenvalue weighted by atomic mass is 35.5. The smallest absolute Gasteiger partial charge is 0.227 e. The molecule has 4 nitrogen and oxygen atoms in total. The fourth-order valence-corrected chi connectivity index (χ4v) is 2.49. The molecule has 1 unspecified atom stereocenters. The van der Waals surface area contributed by atoms with Gasteiger partial charge in [-0.1, -0.05) is 6.92 Å². The Balaban J connectivity index is 0.00000147. The Hall–Kier alpha value is -1.52. The third-order valence-electron chi connectivity index (χ3n) is 3.96. The summed E-state index contributed by atoms with van der Waals surface area (Å²) < 4.78 is 0. The van der Waals surface area contributed by atoms with Gasteiger partial charge in [0.25, 0.3) is 0 Å². The minimum Gasteiger partial charge on any atom is -0.359 e. The number of fused-ring (bicyclic) bond motifs is 1. The van der Waals surface area contributed by atoms with Crippen LogP contribution in [0.1, 0.15) is 12.6 Å². The molecule has 0 radical (unpaired) electrons. The van der Waals surface area contributed by atoms with Gasteiger partial charge in [-0.3, -0.25) is 4.79 Å². The molecule has 1 aliphatic rings. The Labute approximate surface area is 124 Å². The number of halogens is 1. The zero-order valence-electron chi connectivity index (χ0n) is 11.7. The molecule has 0 spiro atoms. The predicted octanol–water partition coefficient (Wildman–Crippen LogP) is 2.69. The van der Waals surface area contributed by atoms with Gasteiger partial charge in [-0.25, -0.2) is 0 Å². The van der Waals surface area contributed by atoms with E-state index in [1.165, 1.54) is 0 Å². The lowest BCUT2D eigenvalue weighted by molar-refractivity contribution is -0.121. The molecule has 1 aliphatic heterocycles. The fraction of sp³-hybridized carbons (Fsp3) is 0.400. The van der Waals surface area contributed by atoms with Crippen molar-refractivity contribution in [2.75, 3.05) is 18.4 Å². The summed E-state index contributed by atoms with van der Waals surface area (Å²) in [4.78, 5) is 15.4. The molecule has 1 aromatic heterocycles. The molecule has 2 aromatic rings. The van der Waals surface area contributed by atoms with Crippen LogP contribution in [0.2, 0.25) is 0 Å². The van der Waals surface area contributed by atoms with Gasteiger partial charge in [0.05, 0.1) is 0 Å². The molecule has 108 valence electrons. The molecule has 0 saturated carbocycles. The number of aryl methyl sites for hydroxylation is 1. The molecule has 2 heterocycles. The second-order valence-corrected chi connectivity index (χ2v) is 5.45. The lowest BCUT2D eigenvalue weighted by Crippen LogP contribution is -2.48. The normalized spacial score (nSPS) is 16.3. The van der Waals surface area contributed by atoms with E-state index in [-0.39, 0.29) is 24.2 Å². The summed E-state index contributed by atoms with van der Waals surface area (Å²) in [5, 5.41) is 7.35. The van der Waals surface area contributed by atoms with E-state index in [0.717, 1.165) is 35.4 Å². The van der Waals surface area contributed by atoms with Crippen molar-refractivity contribution in [3.05, 3.63) is 30.0 Å². The van der Waals surface area contributed by atoms with Gasteiger partial charge in [0.1, 0.15) is 0 Å². The molecule has 3 rings (SSSR count). The van der Waals surface area contributed by atoms with Gasteiger partial charge in [-0.05, 0) is 50.2 Å². The highest BCUT2D eigenvalue weighted by Gasteiger charge is 2.28. The third kappa shape index (κ3) is 2.81. The minimum absolute atomic E-state index is 0. The van der Waals surface area contributed by atoms with Crippen LogP contribution >= 0.6 is 12.4 Å². The molecule has 0 aliphatic carbocycles. The quantitative estimate of drug-likeness (QED) is 0.815. The molecule has 1 fully saturated rings. The van der Waals surface area contributed by atoms with Crippen molar-refractivity contribution in [2.45, 2.75) is 13.8 Å². The minimum atomic E-state index is 0. The molecule has 1 saturated heterocycles. The van der Waals surface area contributed by atoms with Crippen molar-refractivity contribution in [1.29, 1.82) is 0 Å². The van der Waals surface area contributed by atoms with Crippen molar-refractivity contribution in [3.8, 4) is 0 Å². The van der Waals surface area contributed by atoms with Crippen molar-refractivity contribution in [1.82, 2.24) is 10.3 Å². The molecule has 0 bridgehead atoms. The third-order valence-corrected chi connectivity index (χ3v) is 3.96. The van der Waals surface area contributed by atoms with Crippen LogP contribution in [0.15, 0.2) is 24.3 Å². The number of anilines is 1. The summed E-state index contributed by atoms with van der Waals surface area (Å²) >= 11 is 0. The maximum atomic E-state index is 12.1. The number of hydrogen-bond acceptors (Lipinski definition) is 2. The number of carbonyl (C=O) groups is 1. The van der Waals surface area contributed by atoms with Gasteiger partial charge in [0, 0.05) is 28.2 Å². The highest BCUT2D eigenvalue weighted by molar-refractivity contribution is 5.95. The van der Waals surface area contributed by atoms with Gasteiger partial charge >= 0.3 is 0 Å². The summed E-state index contributed by atoms with van der Waals surface area (Å²) in [6, 6.07) is 8.06. The number of benzene rings is 1. The Kier molecular flexibility index (Phi) is 4.35. The molecular formula is C15H20ClN3O. The zero-order valence-corrected chi connectivity index (χ0v) is 12.5. The van der Waals surface area contributed by atoms with Gasteiger partial charge in [0.2, 0.25) is 5.91 Å². The Morgan fingerprint density at radius 3 is 2.75 bits per heavy atom. The van der Waals surface area contributed by atoms with E-state index in [1.54, 1.807) is 0 Å². The first kappa shape index (κ1) is 14.9. The van der Waals surface area contributed by atoms with E-state index in [4.69, 9.17) is 0 Å². The zero-order chi connectivity index (χ0) is 13.4. The number of amides is 1. The summed E-state index contributed by atoms with van der Waals surface area (Å²) in [6.45, 7) is 5.93. The molecule has 3 N–H and O–H groups in total. The van der Waals surface area contributed by atoms with Gasteiger partial charge < -0.3 is 15.6 Å². The SMILES string of the molecule is Cc1cc2cc(NC(=O)C(C)C3CNC3)ccc2[nH]1.Cl. The number of aromatic nitrogens is 1. The summed E-state index contributed by atoms with van der Waals surface area (Å²) in [5.74, 6) is 0.640. The molecule has 1 aromatic carbocycles.